The fourth-order valence-electron chi connectivity index (χ4n) is 2.26. The van der Waals surface area contributed by atoms with Crippen molar-refractivity contribution >= 4 is 15.9 Å². The van der Waals surface area contributed by atoms with Gasteiger partial charge in [0.05, 0.1) is 12.5 Å². The van der Waals surface area contributed by atoms with Gasteiger partial charge in [-0.15, -0.1) is 0 Å². The molecule has 0 atom stereocenters. The zero-order valence-corrected chi connectivity index (χ0v) is 11.3. The van der Waals surface area contributed by atoms with Crippen molar-refractivity contribution in [3.63, 3.8) is 0 Å². The number of carbonyl (C=O) groups is 1. The number of sulfonamides is 1. The predicted molar refractivity (Wildman–Crippen MR) is 66.7 cm³/mol. The molecule has 8 heteroatoms. The van der Waals surface area contributed by atoms with E-state index in [2.05, 4.69) is 9.97 Å². The van der Waals surface area contributed by atoms with E-state index in [0.717, 1.165) is 12.8 Å². The fourth-order valence-corrected chi connectivity index (χ4v) is 3.58. The zero-order valence-electron chi connectivity index (χ0n) is 10.4. The topological polar surface area (TPSA) is 86.4 Å². The van der Waals surface area contributed by atoms with Crippen LogP contribution >= 0.6 is 0 Å². The minimum Gasteiger partial charge on any atom is -0.340 e. The molecular weight excluding hydrogens is 268 g/mol. The minimum absolute atomic E-state index is 0.106. The van der Waals surface area contributed by atoms with Crippen molar-refractivity contribution in [3.8, 4) is 0 Å². The Morgan fingerprint density at radius 2 is 1.95 bits per heavy atom. The van der Waals surface area contributed by atoms with E-state index in [0.29, 0.717) is 26.2 Å². The predicted octanol–water partition coefficient (Wildman–Crippen LogP) is -0.347. The highest BCUT2D eigenvalue weighted by Gasteiger charge is 2.36. The second-order valence-electron chi connectivity index (χ2n) is 4.92. The third-order valence-corrected chi connectivity index (χ3v) is 5.39. The highest BCUT2D eigenvalue weighted by molar-refractivity contribution is 7.89. The summed E-state index contributed by atoms with van der Waals surface area (Å²) in [6, 6.07) is 0. The average Bonchev–Trinajstić information content (AvgIpc) is 3.11. The summed E-state index contributed by atoms with van der Waals surface area (Å²) in [6.07, 6.45) is 4.60. The molecule has 2 heterocycles. The minimum atomic E-state index is -3.50. The number of hydrogen-bond donors (Lipinski definition) is 1. The van der Waals surface area contributed by atoms with Gasteiger partial charge in [-0.25, -0.2) is 13.4 Å². The third-order valence-electron chi connectivity index (χ3n) is 3.57. The van der Waals surface area contributed by atoms with Gasteiger partial charge in [0.25, 0.3) is 10.0 Å². The molecule has 0 aromatic carbocycles. The number of hydrogen-bond acceptors (Lipinski definition) is 4. The Labute approximate surface area is 111 Å². The number of rotatable bonds is 3. The Balaban J connectivity index is 1.65. The van der Waals surface area contributed by atoms with E-state index in [1.807, 2.05) is 0 Å². The molecule has 19 heavy (non-hydrogen) atoms. The summed E-state index contributed by atoms with van der Waals surface area (Å²) in [5.74, 6) is 0.370. The second-order valence-corrected chi connectivity index (χ2v) is 6.83. The summed E-state index contributed by atoms with van der Waals surface area (Å²) in [4.78, 5) is 20.0. The Kier molecular flexibility index (Phi) is 3.06. The molecule has 1 N–H and O–H groups in total. The summed E-state index contributed by atoms with van der Waals surface area (Å²) in [6.45, 7) is 1.64. The number of piperazine rings is 1. The average molecular weight is 284 g/mol. The number of nitrogens with one attached hydrogen (secondary N) is 1. The van der Waals surface area contributed by atoms with Crippen molar-refractivity contribution in [2.24, 2.45) is 5.92 Å². The van der Waals surface area contributed by atoms with E-state index in [1.165, 1.54) is 16.8 Å². The van der Waals surface area contributed by atoms with Gasteiger partial charge in [0.1, 0.15) is 0 Å². The lowest BCUT2D eigenvalue weighted by Gasteiger charge is -2.33. The zero-order chi connectivity index (χ0) is 13.5. The first-order valence-electron chi connectivity index (χ1n) is 6.36. The Hall–Kier alpha value is -1.41. The maximum Gasteiger partial charge on any atom is 0.260 e. The van der Waals surface area contributed by atoms with Crippen LogP contribution in [0.25, 0.3) is 0 Å². The van der Waals surface area contributed by atoms with E-state index < -0.39 is 10.0 Å². The molecule has 7 nitrogen and oxygen atoms in total. The van der Waals surface area contributed by atoms with Crippen molar-refractivity contribution in [3.05, 3.63) is 12.5 Å². The van der Waals surface area contributed by atoms with Gasteiger partial charge < -0.3 is 9.88 Å². The summed E-state index contributed by atoms with van der Waals surface area (Å²) in [7, 11) is -3.50. The number of imidazole rings is 1. The van der Waals surface area contributed by atoms with Crippen molar-refractivity contribution in [1.29, 1.82) is 0 Å². The lowest BCUT2D eigenvalue weighted by molar-refractivity contribution is -0.133. The number of aromatic amines is 1. The van der Waals surface area contributed by atoms with Gasteiger partial charge in [0, 0.05) is 32.1 Å². The second kappa shape index (κ2) is 4.61. The normalized spacial score (nSPS) is 21.6. The molecule has 0 unspecified atom stereocenters. The standard InChI is InChI=1S/C11H16N4O3S/c16-11(9-1-2-9)14-3-5-15(6-4-14)19(17,18)10-7-12-8-13-10/h7-9H,1-6H2,(H,12,13). The van der Waals surface area contributed by atoms with E-state index in [1.54, 1.807) is 4.90 Å². The molecule has 1 aliphatic heterocycles. The van der Waals surface area contributed by atoms with Crippen LogP contribution in [-0.4, -0.2) is 59.7 Å². The molecule has 2 fully saturated rings. The SMILES string of the molecule is O=C(C1CC1)N1CCN(S(=O)(=O)c2cnc[nH]2)CC1. The molecule has 2 aliphatic rings. The van der Waals surface area contributed by atoms with Crippen LogP contribution in [-0.2, 0) is 14.8 Å². The lowest BCUT2D eigenvalue weighted by atomic mass is 10.3. The van der Waals surface area contributed by atoms with Crippen LogP contribution in [0.4, 0.5) is 0 Å². The highest BCUT2D eigenvalue weighted by Crippen LogP contribution is 2.31. The van der Waals surface area contributed by atoms with Crippen LogP contribution in [0, 0.1) is 5.92 Å². The van der Waals surface area contributed by atoms with Crippen LogP contribution < -0.4 is 0 Å². The first-order chi connectivity index (χ1) is 9.09. The van der Waals surface area contributed by atoms with Crippen molar-refractivity contribution < 1.29 is 13.2 Å². The van der Waals surface area contributed by atoms with Crippen LogP contribution in [0.15, 0.2) is 17.6 Å². The lowest BCUT2D eigenvalue weighted by Crippen LogP contribution is -2.50. The van der Waals surface area contributed by atoms with Gasteiger partial charge in [-0.05, 0) is 12.8 Å². The number of carbonyl (C=O) groups excluding carboxylic acids is 1. The number of amides is 1. The highest BCUT2D eigenvalue weighted by atomic mass is 32.2. The summed E-state index contributed by atoms with van der Waals surface area (Å²) < 4.78 is 25.8. The Bertz CT molecular complexity index is 557. The molecule has 104 valence electrons. The maximum absolute atomic E-state index is 12.2. The van der Waals surface area contributed by atoms with E-state index in [4.69, 9.17) is 0 Å². The Morgan fingerprint density at radius 1 is 1.26 bits per heavy atom. The molecule has 0 spiro atoms. The van der Waals surface area contributed by atoms with E-state index in [-0.39, 0.29) is 16.9 Å². The van der Waals surface area contributed by atoms with Gasteiger partial charge in [-0.1, -0.05) is 0 Å². The molecule has 1 aliphatic carbocycles. The van der Waals surface area contributed by atoms with Crippen molar-refractivity contribution in [1.82, 2.24) is 19.2 Å². The van der Waals surface area contributed by atoms with Crippen LogP contribution in [0.3, 0.4) is 0 Å². The molecule has 1 saturated heterocycles. The van der Waals surface area contributed by atoms with Gasteiger partial charge in [-0.2, -0.15) is 4.31 Å². The number of aromatic nitrogens is 2. The smallest absolute Gasteiger partial charge is 0.260 e. The summed E-state index contributed by atoms with van der Waals surface area (Å²) in [5, 5.41) is 0.106. The number of H-pyrrole nitrogens is 1. The molecule has 0 bridgehead atoms. The summed E-state index contributed by atoms with van der Waals surface area (Å²) in [5.41, 5.74) is 0. The van der Waals surface area contributed by atoms with Gasteiger partial charge in [-0.3, -0.25) is 4.79 Å². The third kappa shape index (κ3) is 2.37. The summed E-state index contributed by atoms with van der Waals surface area (Å²) >= 11 is 0. The molecule has 1 aromatic rings. The largest absolute Gasteiger partial charge is 0.340 e. The molecule has 1 aromatic heterocycles. The van der Waals surface area contributed by atoms with Crippen molar-refractivity contribution in [2.45, 2.75) is 17.9 Å². The van der Waals surface area contributed by atoms with E-state index in [9.17, 15) is 13.2 Å². The molecule has 1 amide bonds. The van der Waals surface area contributed by atoms with E-state index >= 15 is 0 Å². The van der Waals surface area contributed by atoms with Crippen molar-refractivity contribution in [2.75, 3.05) is 26.2 Å². The quantitative estimate of drug-likeness (QED) is 0.822. The van der Waals surface area contributed by atoms with Crippen LogP contribution in [0.1, 0.15) is 12.8 Å². The number of nitrogens with zero attached hydrogens (tertiary/aromatic N) is 3. The maximum atomic E-state index is 12.2. The first-order valence-corrected chi connectivity index (χ1v) is 7.80. The fraction of sp³-hybridized carbons (Fsp3) is 0.636. The van der Waals surface area contributed by atoms with Gasteiger partial charge >= 0.3 is 0 Å². The molecule has 0 radical (unpaired) electrons. The molecule has 3 rings (SSSR count). The Morgan fingerprint density at radius 3 is 2.47 bits per heavy atom. The molecular formula is C11H16N4O3S. The van der Waals surface area contributed by atoms with Gasteiger partial charge in [0.2, 0.25) is 5.91 Å². The molecule has 1 saturated carbocycles. The van der Waals surface area contributed by atoms with Gasteiger partial charge in [0.15, 0.2) is 5.03 Å². The van der Waals surface area contributed by atoms with Crippen LogP contribution in [0.2, 0.25) is 0 Å². The monoisotopic (exact) mass is 284 g/mol. The first kappa shape index (κ1) is 12.6. The van der Waals surface area contributed by atoms with Crippen LogP contribution in [0.5, 0.6) is 0 Å².